The van der Waals surface area contributed by atoms with E-state index in [1.807, 2.05) is 24.3 Å². The lowest BCUT2D eigenvalue weighted by Crippen LogP contribution is -2.42. The van der Waals surface area contributed by atoms with Gasteiger partial charge in [0.15, 0.2) is 0 Å². The van der Waals surface area contributed by atoms with Gasteiger partial charge in [-0.3, -0.25) is 23.5 Å². The molecule has 0 spiro atoms. The van der Waals surface area contributed by atoms with E-state index >= 15 is 0 Å². The van der Waals surface area contributed by atoms with Crippen LogP contribution in [0.2, 0.25) is 0 Å². The number of amides is 2. The van der Waals surface area contributed by atoms with Gasteiger partial charge < -0.3 is 15.1 Å². The summed E-state index contributed by atoms with van der Waals surface area (Å²) < 4.78 is 7.64. The Kier molecular flexibility index (Phi) is 7.72. The van der Waals surface area contributed by atoms with Crippen molar-refractivity contribution in [3.8, 4) is 0 Å². The Morgan fingerprint density at radius 3 is 2.25 bits per heavy atom. The molecule has 0 bridgehead atoms. The largest absolute Gasteiger partial charge is 0.467 e. The van der Waals surface area contributed by atoms with Crippen LogP contribution in [-0.4, -0.2) is 20.9 Å². The predicted octanol–water partition coefficient (Wildman–Crippen LogP) is 3.94. The third kappa shape index (κ3) is 5.78. The number of fused-ring (bicyclic) bond motifs is 1. The van der Waals surface area contributed by atoms with Crippen molar-refractivity contribution in [1.82, 2.24) is 14.5 Å². The van der Waals surface area contributed by atoms with Gasteiger partial charge in [-0.1, -0.05) is 43.3 Å². The van der Waals surface area contributed by atoms with Crippen LogP contribution in [0.1, 0.15) is 34.2 Å². The molecular formula is C31H28N4O5. The van der Waals surface area contributed by atoms with E-state index in [0.29, 0.717) is 33.5 Å². The average Bonchev–Trinajstić information content (AvgIpc) is 3.51. The molecule has 0 saturated heterocycles. The molecule has 0 aliphatic carbocycles. The van der Waals surface area contributed by atoms with Gasteiger partial charge in [0.05, 0.1) is 30.3 Å². The minimum atomic E-state index is -0.597. The number of carbonyl (C=O) groups excluding carboxylic acids is 2. The van der Waals surface area contributed by atoms with Crippen molar-refractivity contribution in [2.45, 2.75) is 33.0 Å². The number of para-hydroxylation sites is 1. The van der Waals surface area contributed by atoms with Gasteiger partial charge in [-0.25, -0.2) is 4.79 Å². The third-order valence-electron chi connectivity index (χ3n) is 6.64. The van der Waals surface area contributed by atoms with Gasteiger partial charge >= 0.3 is 5.69 Å². The molecule has 2 heterocycles. The Morgan fingerprint density at radius 1 is 0.825 bits per heavy atom. The Hall–Kier alpha value is -5.18. The molecule has 5 aromatic rings. The zero-order valence-corrected chi connectivity index (χ0v) is 21.9. The summed E-state index contributed by atoms with van der Waals surface area (Å²) in [5.41, 5.74) is 2.20. The molecule has 0 radical (unpaired) electrons. The van der Waals surface area contributed by atoms with Gasteiger partial charge in [0.25, 0.3) is 11.5 Å². The maximum atomic E-state index is 13.5. The number of nitrogens with zero attached hydrogens (tertiary/aromatic N) is 2. The highest BCUT2D eigenvalue weighted by molar-refractivity contribution is 5.94. The molecule has 0 aliphatic rings. The molecule has 3 aromatic carbocycles. The quantitative estimate of drug-likeness (QED) is 0.296. The van der Waals surface area contributed by atoms with Crippen LogP contribution in [0.5, 0.6) is 0 Å². The van der Waals surface area contributed by atoms with Crippen LogP contribution in [0.4, 0.5) is 5.69 Å². The van der Waals surface area contributed by atoms with E-state index in [-0.39, 0.29) is 31.4 Å². The zero-order chi connectivity index (χ0) is 28.1. The topological polar surface area (TPSA) is 115 Å². The van der Waals surface area contributed by atoms with E-state index in [0.717, 1.165) is 16.6 Å². The van der Waals surface area contributed by atoms with E-state index in [9.17, 15) is 19.2 Å². The van der Waals surface area contributed by atoms with Gasteiger partial charge in [0, 0.05) is 11.3 Å². The Labute approximate surface area is 229 Å². The number of rotatable bonds is 9. The number of benzene rings is 3. The van der Waals surface area contributed by atoms with Crippen LogP contribution in [0.15, 0.2) is 105 Å². The summed E-state index contributed by atoms with van der Waals surface area (Å²) in [6.45, 7) is 2.04. The third-order valence-corrected chi connectivity index (χ3v) is 6.64. The van der Waals surface area contributed by atoms with Crippen LogP contribution >= 0.6 is 0 Å². The first-order valence-electron chi connectivity index (χ1n) is 12.9. The summed E-state index contributed by atoms with van der Waals surface area (Å²) >= 11 is 0. The molecule has 40 heavy (non-hydrogen) atoms. The molecule has 2 aromatic heterocycles. The fourth-order valence-corrected chi connectivity index (χ4v) is 4.46. The number of aryl methyl sites for hydroxylation is 1. The highest BCUT2D eigenvalue weighted by Gasteiger charge is 2.16. The van der Waals surface area contributed by atoms with Crippen molar-refractivity contribution in [2.24, 2.45) is 0 Å². The number of furan rings is 1. The minimum Gasteiger partial charge on any atom is -0.467 e. The molecule has 0 fully saturated rings. The van der Waals surface area contributed by atoms with Crippen molar-refractivity contribution in [2.75, 3.05) is 5.32 Å². The Morgan fingerprint density at radius 2 is 1.55 bits per heavy atom. The normalized spacial score (nSPS) is 10.9. The predicted molar refractivity (Wildman–Crippen MR) is 152 cm³/mol. The van der Waals surface area contributed by atoms with Crippen LogP contribution in [-0.2, 0) is 30.8 Å². The van der Waals surface area contributed by atoms with Crippen molar-refractivity contribution >= 4 is 28.4 Å². The number of anilines is 1. The molecule has 2 amide bonds. The molecule has 9 nitrogen and oxygen atoms in total. The second kappa shape index (κ2) is 11.7. The molecule has 2 N–H and O–H groups in total. The zero-order valence-electron chi connectivity index (χ0n) is 21.9. The Balaban J connectivity index is 1.38. The van der Waals surface area contributed by atoms with E-state index in [1.165, 1.54) is 10.8 Å². The molecule has 5 rings (SSSR count). The van der Waals surface area contributed by atoms with E-state index < -0.39 is 11.2 Å². The molecular weight excluding hydrogens is 508 g/mol. The lowest BCUT2D eigenvalue weighted by molar-refractivity contribution is -0.116. The lowest BCUT2D eigenvalue weighted by atomic mass is 10.1. The maximum Gasteiger partial charge on any atom is 0.332 e. The lowest BCUT2D eigenvalue weighted by Gasteiger charge is -2.14. The standard InChI is InChI=1S/C31H28N4O5/c1-2-21-11-15-24(16-12-21)33-28(36)20-34-27-8-4-3-7-26(27)30(38)35(31(34)39)19-22-9-13-23(14-10-22)29(37)32-18-25-6-5-17-40-25/h3-17H,2,18-20H2,1H3,(H,32,37)(H,33,36). The highest BCUT2D eigenvalue weighted by Crippen LogP contribution is 2.12. The van der Waals surface area contributed by atoms with Crippen LogP contribution in [0.3, 0.4) is 0 Å². The molecule has 0 atom stereocenters. The Bertz CT molecular complexity index is 1770. The summed E-state index contributed by atoms with van der Waals surface area (Å²) in [6, 6.07) is 24.4. The monoisotopic (exact) mass is 536 g/mol. The van der Waals surface area contributed by atoms with Gasteiger partial charge in [0.2, 0.25) is 5.91 Å². The molecule has 202 valence electrons. The van der Waals surface area contributed by atoms with Crippen molar-refractivity contribution in [1.29, 1.82) is 0 Å². The minimum absolute atomic E-state index is 0.0170. The van der Waals surface area contributed by atoms with E-state index in [4.69, 9.17) is 4.42 Å². The van der Waals surface area contributed by atoms with E-state index in [1.54, 1.807) is 60.7 Å². The number of hydrogen-bond donors (Lipinski definition) is 2. The maximum absolute atomic E-state index is 13.5. The number of carbonyl (C=O) groups is 2. The summed E-state index contributed by atoms with van der Waals surface area (Å²) in [7, 11) is 0. The van der Waals surface area contributed by atoms with Gasteiger partial charge in [-0.05, 0) is 66.1 Å². The SMILES string of the molecule is CCc1ccc(NC(=O)Cn2c(=O)n(Cc3ccc(C(=O)NCc4ccco4)cc3)c(=O)c3ccccc32)cc1. The summed E-state index contributed by atoms with van der Waals surface area (Å²) in [5.74, 6) is -0.0184. The molecule has 0 aliphatic heterocycles. The summed E-state index contributed by atoms with van der Waals surface area (Å²) in [5, 5.41) is 5.93. The average molecular weight is 537 g/mol. The van der Waals surface area contributed by atoms with Gasteiger partial charge in [-0.15, -0.1) is 0 Å². The van der Waals surface area contributed by atoms with E-state index in [2.05, 4.69) is 17.6 Å². The summed E-state index contributed by atoms with van der Waals surface area (Å²) in [6.07, 6.45) is 2.43. The van der Waals surface area contributed by atoms with Gasteiger partial charge in [-0.2, -0.15) is 0 Å². The van der Waals surface area contributed by atoms with Crippen molar-refractivity contribution in [3.63, 3.8) is 0 Å². The van der Waals surface area contributed by atoms with Crippen LogP contribution < -0.4 is 21.9 Å². The number of hydrogen-bond acceptors (Lipinski definition) is 5. The first kappa shape index (κ1) is 26.4. The highest BCUT2D eigenvalue weighted by atomic mass is 16.3. The van der Waals surface area contributed by atoms with Crippen LogP contribution in [0, 0.1) is 0 Å². The molecule has 9 heteroatoms. The fourth-order valence-electron chi connectivity index (χ4n) is 4.46. The first-order valence-corrected chi connectivity index (χ1v) is 12.9. The van der Waals surface area contributed by atoms with Gasteiger partial charge in [0.1, 0.15) is 12.3 Å². The smallest absolute Gasteiger partial charge is 0.332 e. The first-order chi connectivity index (χ1) is 19.4. The fraction of sp³-hybridized carbons (Fsp3) is 0.161. The number of aromatic nitrogens is 2. The summed E-state index contributed by atoms with van der Waals surface area (Å²) in [4.78, 5) is 52.2. The molecule has 0 unspecified atom stereocenters. The van der Waals surface area contributed by atoms with Crippen molar-refractivity contribution in [3.05, 3.63) is 134 Å². The second-order valence-electron chi connectivity index (χ2n) is 9.33. The van der Waals surface area contributed by atoms with Crippen molar-refractivity contribution < 1.29 is 14.0 Å². The number of nitrogens with one attached hydrogen (secondary N) is 2. The second-order valence-corrected chi connectivity index (χ2v) is 9.33. The molecule has 0 saturated carbocycles. The van der Waals surface area contributed by atoms with Crippen LogP contribution in [0.25, 0.3) is 10.9 Å².